The van der Waals surface area contributed by atoms with Crippen LogP contribution in [0.25, 0.3) is 0 Å². The molecule has 0 amide bonds. The largest absolute Gasteiger partial charge is 0.345 e. The van der Waals surface area contributed by atoms with Gasteiger partial charge < -0.3 is 5.32 Å². The molecule has 1 N–H and O–H groups in total. The minimum Gasteiger partial charge on any atom is -0.345 e. The van der Waals surface area contributed by atoms with Gasteiger partial charge in [0.05, 0.1) is 10.7 Å². The maximum atomic E-state index is 6.20. The van der Waals surface area contributed by atoms with Crippen LogP contribution in [-0.4, -0.2) is 4.99 Å². The minimum absolute atomic E-state index is 0.679. The van der Waals surface area contributed by atoms with E-state index in [1.165, 1.54) is 0 Å². The molecular weight excluding hydrogens is 250 g/mol. The van der Waals surface area contributed by atoms with Crippen LogP contribution in [0.4, 0.5) is 5.69 Å². The second-order valence-corrected chi connectivity index (χ2v) is 4.54. The Morgan fingerprint density at radius 2 is 1.76 bits per heavy atom. The maximum Gasteiger partial charge on any atom is 0.111 e. The minimum atomic E-state index is 0.679. The van der Waals surface area contributed by atoms with Crippen LogP contribution >= 0.6 is 23.8 Å². The third-order valence-corrected chi connectivity index (χ3v) is 3.32. The second-order valence-electron chi connectivity index (χ2n) is 3.76. The maximum absolute atomic E-state index is 6.20. The lowest BCUT2D eigenvalue weighted by Crippen LogP contribution is -2.10. The van der Waals surface area contributed by atoms with Gasteiger partial charge in [-0.3, -0.25) is 0 Å². The lowest BCUT2D eigenvalue weighted by atomic mass is 10.2. The first kappa shape index (κ1) is 12.1. The van der Waals surface area contributed by atoms with Crippen LogP contribution in [0.15, 0.2) is 48.5 Å². The van der Waals surface area contributed by atoms with Crippen molar-refractivity contribution in [3.8, 4) is 0 Å². The molecule has 0 saturated carbocycles. The molecule has 0 unspecified atom stereocenters. The number of hydrogen-bond donors (Lipinski definition) is 1. The van der Waals surface area contributed by atoms with Gasteiger partial charge >= 0.3 is 0 Å². The molecule has 0 aliphatic heterocycles. The van der Waals surface area contributed by atoms with Crippen molar-refractivity contribution in [2.45, 2.75) is 6.92 Å². The average molecular weight is 262 g/mol. The Morgan fingerprint density at radius 3 is 2.47 bits per heavy atom. The third kappa shape index (κ3) is 2.84. The molecule has 2 rings (SSSR count). The van der Waals surface area contributed by atoms with Crippen LogP contribution in [0.2, 0.25) is 5.02 Å². The van der Waals surface area contributed by atoms with Gasteiger partial charge in [-0.15, -0.1) is 0 Å². The molecule has 0 aromatic heterocycles. The molecule has 0 radical (unpaired) electrons. The predicted molar refractivity (Wildman–Crippen MR) is 78.0 cm³/mol. The number of nitrogens with one attached hydrogen (secondary N) is 1. The Kier molecular flexibility index (Phi) is 3.77. The van der Waals surface area contributed by atoms with E-state index in [0.717, 1.165) is 16.8 Å². The zero-order valence-electron chi connectivity index (χ0n) is 9.41. The average Bonchev–Trinajstić information content (AvgIpc) is 2.36. The van der Waals surface area contributed by atoms with E-state index >= 15 is 0 Å². The van der Waals surface area contributed by atoms with Gasteiger partial charge in [-0.2, -0.15) is 0 Å². The van der Waals surface area contributed by atoms with Gasteiger partial charge in [0.15, 0.2) is 0 Å². The van der Waals surface area contributed by atoms with E-state index in [-0.39, 0.29) is 0 Å². The fourth-order valence-corrected chi connectivity index (χ4v) is 1.95. The predicted octanol–water partition coefficient (Wildman–Crippen LogP) is 4.44. The fraction of sp³-hybridized carbons (Fsp3) is 0.0714. The number of thiocarbonyl (C=S) groups is 1. The molecule has 0 spiro atoms. The summed E-state index contributed by atoms with van der Waals surface area (Å²) in [6.07, 6.45) is 0. The van der Waals surface area contributed by atoms with Gasteiger partial charge in [-0.1, -0.05) is 66.3 Å². The molecule has 0 aliphatic carbocycles. The number of aryl methyl sites for hydroxylation is 1. The highest BCUT2D eigenvalue weighted by atomic mass is 35.5. The summed E-state index contributed by atoms with van der Waals surface area (Å²) in [5, 5.41) is 3.88. The summed E-state index contributed by atoms with van der Waals surface area (Å²) >= 11 is 11.5. The molecule has 2 aromatic rings. The number of hydrogen-bond acceptors (Lipinski definition) is 1. The summed E-state index contributed by atoms with van der Waals surface area (Å²) in [6.45, 7) is 1.97. The molecule has 2 aromatic carbocycles. The van der Waals surface area contributed by atoms with E-state index in [4.69, 9.17) is 23.8 Å². The van der Waals surface area contributed by atoms with E-state index < -0.39 is 0 Å². The highest BCUT2D eigenvalue weighted by molar-refractivity contribution is 7.81. The topological polar surface area (TPSA) is 12.0 Å². The quantitative estimate of drug-likeness (QED) is 0.803. The summed E-state index contributed by atoms with van der Waals surface area (Å²) in [5.74, 6) is 0. The smallest absolute Gasteiger partial charge is 0.111 e. The van der Waals surface area contributed by atoms with Crippen molar-refractivity contribution in [1.82, 2.24) is 0 Å². The SMILES string of the molecule is Cc1cccc(NC(=S)c2ccccc2)c1Cl. The van der Waals surface area contributed by atoms with Gasteiger partial charge in [-0.05, 0) is 18.6 Å². The highest BCUT2D eigenvalue weighted by Gasteiger charge is 2.05. The molecule has 0 atom stereocenters. The summed E-state index contributed by atoms with van der Waals surface area (Å²) in [6, 6.07) is 15.7. The Hall–Kier alpha value is -1.38. The number of halogens is 1. The van der Waals surface area contributed by atoms with Gasteiger partial charge in [0, 0.05) is 5.56 Å². The second kappa shape index (κ2) is 5.30. The molecule has 1 nitrogen and oxygen atoms in total. The summed E-state index contributed by atoms with van der Waals surface area (Å²) < 4.78 is 0. The highest BCUT2D eigenvalue weighted by Crippen LogP contribution is 2.25. The van der Waals surface area contributed by atoms with Crippen LogP contribution in [0.1, 0.15) is 11.1 Å². The molecule has 3 heteroatoms. The van der Waals surface area contributed by atoms with E-state index in [9.17, 15) is 0 Å². The molecule has 86 valence electrons. The summed E-state index contributed by atoms with van der Waals surface area (Å²) in [4.78, 5) is 0.679. The fourth-order valence-electron chi connectivity index (χ4n) is 1.53. The zero-order valence-corrected chi connectivity index (χ0v) is 11.0. The van der Waals surface area contributed by atoms with E-state index in [1.807, 2.05) is 55.5 Å². The third-order valence-electron chi connectivity index (χ3n) is 2.48. The van der Waals surface area contributed by atoms with Gasteiger partial charge in [-0.25, -0.2) is 0 Å². The zero-order chi connectivity index (χ0) is 12.3. The van der Waals surface area contributed by atoms with Gasteiger partial charge in [0.2, 0.25) is 0 Å². The van der Waals surface area contributed by atoms with E-state index in [0.29, 0.717) is 10.0 Å². The lowest BCUT2D eigenvalue weighted by molar-refractivity contribution is 1.46. The van der Waals surface area contributed by atoms with Crippen molar-refractivity contribution in [1.29, 1.82) is 0 Å². The first-order chi connectivity index (χ1) is 8.18. The Balaban J connectivity index is 2.22. The van der Waals surface area contributed by atoms with Crippen molar-refractivity contribution < 1.29 is 0 Å². The van der Waals surface area contributed by atoms with Crippen molar-refractivity contribution in [2.24, 2.45) is 0 Å². The van der Waals surface area contributed by atoms with Crippen molar-refractivity contribution in [2.75, 3.05) is 5.32 Å². The molecule has 0 saturated heterocycles. The standard InChI is InChI=1S/C14H12ClNS/c1-10-6-5-9-12(13(10)15)16-14(17)11-7-3-2-4-8-11/h2-9H,1H3,(H,16,17). The number of anilines is 1. The van der Waals surface area contributed by atoms with Crippen LogP contribution in [0.3, 0.4) is 0 Å². The first-order valence-corrected chi connectivity index (χ1v) is 6.08. The summed E-state index contributed by atoms with van der Waals surface area (Å²) in [7, 11) is 0. The Bertz CT molecular complexity index is 537. The van der Waals surface area contributed by atoms with Crippen molar-refractivity contribution in [3.05, 3.63) is 64.7 Å². The molecule has 17 heavy (non-hydrogen) atoms. The Labute approximate surface area is 111 Å². The molecule has 0 aliphatic rings. The van der Waals surface area contributed by atoms with Crippen LogP contribution < -0.4 is 5.32 Å². The number of rotatable bonds is 2. The number of benzene rings is 2. The monoisotopic (exact) mass is 261 g/mol. The molecule has 0 bridgehead atoms. The molecule has 0 fully saturated rings. The molecular formula is C14H12ClNS. The van der Waals surface area contributed by atoms with Gasteiger partial charge in [0.25, 0.3) is 0 Å². The van der Waals surface area contributed by atoms with E-state index in [1.54, 1.807) is 0 Å². The normalized spacial score (nSPS) is 10.0. The first-order valence-electron chi connectivity index (χ1n) is 5.30. The van der Waals surface area contributed by atoms with Crippen molar-refractivity contribution >= 4 is 34.5 Å². The lowest BCUT2D eigenvalue weighted by Gasteiger charge is -2.10. The molecule has 0 heterocycles. The Morgan fingerprint density at radius 1 is 1.06 bits per heavy atom. The van der Waals surface area contributed by atoms with Crippen LogP contribution in [0.5, 0.6) is 0 Å². The van der Waals surface area contributed by atoms with Crippen LogP contribution in [-0.2, 0) is 0 Å². The van der Waals surface area contributed by atoms with Gasteiger partial charge in [0.1, 0.15) is 4.99 Å². The van der Waals surface area contributed by atoms with Crippen molar-refractivity contribution in [3.63, 3.8) is 0 Å². The summed E-state index contributed by atoms with van der Waals surface area (Å²) in [5.41, 5.74) is 2.87. The van der Waals surface area contributed by atoms with E-state index in [2.05, 4.69) is 5.32 Å². The van der Waals surface area contributed by atoms with Crippen LogP contribution in [0, 0.1) is 6.92 Å².